The fourth-order valence-corrected chi connectivity index (χ4v) is 5.55. The summed E-state index contributed by atoms with van der Waals surface area (Å²) in [5.74, 6) is 0.115. The van der Waals surface area contributed by atoms with E-state index in [-0.39, 0.29) is 28.9 Å². The Morgan fingerprint density at radius 1 is 1.06 bits per heavy atom. The van der Waals surface area contributed by atoms with Crippen LogP contribution in [0.25, 0.3) is 22.4 Å². The monoisotopic (exact) mass is 423 g/mol. The molecule has 1 unspecified atom stereocenters. The Morgan fingerprint density at radius 2 is 1.81 bits per heavy atom. The zero-order valence-corrected chi connectivity index (χ0v) is 18.3. The first-order chi connectivity index (χ1) is 14.7. The van der Waals surface area contributed by atoms with Crippen LogP contribution in [0.1, 0.15) is 70.2 Å². The molecule has 0 spiro atoms. The van der Waals surface area contributed by atoms with Crippen molar-refractivity contribution in [2.45, 2.75) is 76.5 Å². The summed E-state index contributed by atoms with van der Waals surface area (Å²) in [6, 6.07) is 5.49. The van der Waals surface area contributed by atoms with Gasteiger partial charge in [-0.25, -0.2) is 4.68 Å². The van der Waals surface area contributed by atoms with Crippen LogP contribution in [0, 0.1) is 0 Å². The van der Waals surface area contributed by atoms with Gasteiger partial charge in [-0.15, -0.1) is 15.3 Å². The first-order valence-corrected chi connectivity index (χ1v) is 10.8. The number of rotatable bonds is 3. The molecule has 0 bridgehead atoms. The van der Waals surface area contributed by atoms with E-state index in [4.69, 9.17) is 0 Å². The van der Waals surface area contributed by atoms with Crippen LogP contribution >= 0.6 is 0 Å². The zero-order chi connectivity index (χ0) is 22.0. The van der Waals surface area contributed by atoms with Crippen LogP contribution < -0.4 is 10.8 Å². The smallest absolute Gasteiger partial charge is 0.201 e. The van der Waals surface area contributed by atoms with Gasteiger partial charge in [-0.3, -0.25) is 0 Å². The minimum absolute atomic E-state index is 0.0183. The van der Waals surface area contributed by atoms with Crippen LogP contribution in [0.5, 0.6) is 5.75 Å². The average Bonchev–Trinajstić information content (AvgIpc) is 3.27. The summed E-state index contributed by atoms with van der Waals surface area (Å²) in [7, 11) is 0. The Labute approximate surface area is 180 Å². The molecule has 3 heterocycles. The molecule has 1 fully saturated rings. The number of phenolic OH excluding ortho intramolecular Hbond substituents is 1. The van der Waals surface area contributed by atoms with Gasteiger partial charge in [0.1, 0.15) is 11.3 Å². The minimum atomic E-state index is -0.151. The molecule has 1 aromatic carbocycles. The van der Waals surface area contributed by atoms with Gasteiger partial charge in [-0.1, -0.05) is 5.21 Å². The molecule has 1 saturated heterocycles. The number of aromatic nitrogens is 5. The second-order valence-corrected chi connectivity index (χ2v) is 10.2. The molecule has 1 aliphatic heterocycles. The summed E-state index contributed by atoms with van der Waals surface area (Å²) in [5, 5.41) is 41.3. The van der Waals surface area contributed by atoms with Gasteiger partial charge in [0.25, 0.3) is 0 Å². The molecular formula is C22H29N7O2. The van der Waals surface area contributed by atoms with Crippen molar-refractivity contribution in [2.75, 3.05) is 0 Å². The van der Waals surface area contributed by atoms with Crippen LogP contribution in [0.3, 0.4) is 0 Å². The summed E-state index contributed by atoms with van der Waals surface area (Å²) in [4.78, 5) is 0. The Hall–Kier alpha value is -2.62. The van der Waals surface area contributed by atoms with Crippen molar-refractivity contribution in [3.05, 3.63) is 29.3 Å². The number of fused-ring (bicyclic) bond motifs is 2. The summed E-state index contributed by atoms with van der Waals surface area (Å²) in [5.41, 5.74) is 6.78. The Kier molecular flexibility index (Phi) is 4.55. The number of piperidine rings is 1. The molecule has 5 rings (SSSR count). The molecule has 3 aromatic rings. The van der Waals surface area contributed by atoms with E-state index in [0.29, 0.717) is 22.4 Å². The standard InChI is InChI=1S/C22H29N7O2/c1-21(2)10-13(11-22(3,4)27-21)29-20-18(24-28-29)9-17(23-25-20)15-7-12-5-6-16(26-31)14(12)8-19(15)30/h7-9,13,16,26-27,30-31H,5-6,10-11H2,1-4H3. The molecular weight excluding hydrogens is 394 g/mol. The topological polar surface area (TPSA) is 121 Å². The number of hydrogen-bond donors (Lipinski definition) is 4. The number of benzene rings is 1. The second kappa shape index (κ2) is 6.94. The van der Waals surface area contributed by atoms with Crippen LogP contribution in [0.2, 0.25) is 0 Å². The van der Waals surface area contributed by atoms with Gasteiger partial charge in [0.05, 0.1) is 17.8 Å². The fourth-order valence-electron chi connectivity index (χ4n) is 5.55. The third-order valence-electron chi connectivity index (χ3n) is 6.50. The number of phenols is 1. The molecule has 164 valence electrons. The van der Waals surface area contributed by atoms with Gasteiger partial charge >= 0.3 is 0 Å². The van der Waals surface area contributed by atoms with E-state index >= 15 is 0 Å². The Morgan fingerprint density at radius 3 is 2.52 bits per heavy atom. The maximum Gasteiger partial charge on any atom is 0.201 e. The highest BCUT2D eigenvalue weighted by atomic mass is 16.5. The second-order valence-electron chi connectivity index (χ2n) is 10.2. The van der Waals surface area contributed by atoms with E-state index in [0.717, 1.165) is 36.8 Å². The van der Waals surface area contributed by atoms with Crippen molar-refractivity contribution in [2.24, 2.45) is 0 Å². The van der Waals surface area contributed by atoms with Gasteiger partial charge in [-0.2, -0.15) is 5.48 Å². The van der Waals surface area contributed by atoms with Crippen molar-refractivity contribution in [1.82, 2.24) is 36.0 Å². The minimum Gasteiger partial charge on any atom is -0.507 e. The van der Waals surface area contributed by atoms with Gasteiger partial charge in [0.2, 0.25) is 5.65 Å². The number of hydroxylamine groups is 1. The number of nitrogens with zero attached hydrogens (tertiary/aromatic N) is 5. The van der Waals surface area contributed by atoms with E-state index in [1.807, 2.05) is 16.8 Å². The van der Waals surface area contributed by atoms with E-state index < -0.39 is 0 Å². The largest absolute Gasteiger partial charge is 0.507 e. The molecule has 9 heteroatoms. The van der Waals surface area contributed by atoms with Crippen LogP contribution in [0.4, 0.5) is 0 Å². The van der Waals surface area contributed by atoms with Crippen LogP contribution in [0.15, 0.2) is 18.2 Å². The highest BCUT2D eigenvalue weighted by Crippen LogP contribution is 2.40. The van der Waals surface area contributed by atoms with Crippen molar-refractivity contribution >= 4 is 11.2 Å². The van der Waals surface area contributed by atoms with Crippen molar-refractivity contribution < 1.29 is 10.3 Å². The van der Waals surface area contributed by atoms with Crippen molar-refractivity contribution in [3.8, 4) is 17.0 Å². The van der Waals surface area contributed by atoms with Crippen LogP contribution in [-0.2, 0) is 6.42 Å². The molecule has 4 N–H and O–H groups in total. The molecule has 2 aromatic heterocycles. The van der Waals surface area contributed by atoms with Gasteiger partial charge < -0.3 is 15.6 Å². The predicted octanol–water partition coefficient (Wildman–Crippen LogP) is 3.04. The predicted molar refractivity (Wildman–Crippen MR) is 116 cm³/mol. The van der Waals surface area contributed by atoms with Gasteiger partial charge in [0, 0.05) is 16.6 Å². The van der Waals surface area contributed by atoms with Gasteiger partial charge in [-0.05, 0) is 82.7 Å². The first kappa shape index (κ1) is 20.3. The highest BCUT2D eigenvalue weighted by molar-refractivity contribution is 5.78. The summed E-state index contributed by atoms with van der Waals surface area (Å²) >= 11 is 0. The molecule has 31 heavy (non-hydrogen) atoms. The molecule has 1 atom stereocenters. The van der Waals surface area contributed by atoms with Crippen molar-refractivity contribution in [1.29, 1.82) is 0 Å². The summed E-state index contributed by atoms with van der Waals surface area (Å²) in [6.45, 7) is 8.82. The lowest BCUT2D eigenvalue weighted by atomic mass is 9.80. The number of aromatic hydroxyl groups is 1. The molecule has 0 saturated carbocycles. The normalized spacial score (nSPS) is 22.7. The maximum absolute atomic E-state index is 10.6. The molecule has 2 aliphatic rings. The summed E-state index contributed by atoms with van der Waals surface area (Å²) < 4.78 is 1.90. The average molecular weight is 424 g/mol. The molecule has 0 radical (unpaired) electrons. The van der Waals surface area contributed by atoms with E-state index in [2.05, 4.69) is 59.0 Å². The first-order valence-electron chi connectivity index (χ1n) is 10.8. The zero-order valence-electron chi connectivity index (χ0n) is 18.3. The number of hydrogen-bond acceptors (Lipinski definition) is 8. The number of aryl methyl sites for hydroxylation is 1. The lowest BCUT2D eigenvalue weighted by molar-refractivity contribution is 0.126. The molecule has 1 aliphatic carbocycles. The third kappa shape index (κ3) is 3.56. The summed E-state index contributed by atoms with van der Waals surface area (Å²) in [6.07, 6.45) is 3.46. The third-order valence-corrected chi connectivity index (χ3v) is 6.50. The van der Waals surface area contributed by atoms with E-state index in [1.54, 1.807) is 6.07 Å². The molecule has 9 nitrogen and oxygen atoms in total. The van der Waals surface area contributed by atoms with Crippen LogP contribution in [-0.4, -0.2) is 46.6 Å². The molecule has 0 amide bonds. The van der Waals surface area contributed by atoms with E-state index in [9.17, 15) is 10.3 Å². The van der Waals surface area contributed by atoms with E-state index in [1.165, 1.54) is 0 Å². The number of nitrogens with one attached hydrogen (secondary N) is 2. The fraction of sp³-hybridized carbons (Fsp3) is 0.545. The highest BCUT2D eigenvalue weighted by Gasteiger charge is 2.39. The maximum atomic E-state index is 10.6. The quantitative estimate of drug-likeness (QED) is 0.474. The lowest BCUT2D eigenvalue weighted by Crippen LogP contribution is -2.58. The Balaban J connectivity index is 1.51. The SMILES string of the molecule is CC1(C)CC(n2nnc3cc(-c4cc5c(cc4O)C(NO)CC5)nnc32)CC(C)(C)N1. The van der Waals surface area contributed by atoms with Gasteiger partial charge in [0.15, 0.2) is 0 Å². The van der Waals surface area contributed by atoms with Crippen molar-refractivity contribution in [3.63, 3.8) is 0 Å². The Bertz CT molecular complexity index is 1140. The lowest BCUT2D eigenvalue weighted by Gasteiger charge is -2.46.